The highest BCUT2D eigenvalue weighted by Gasteiger charge is 2.46. The van der Waals surface area contributed by atoms with Crippen molar-refractivity contribution in [2.45, 2.75) is 31.5 Å². The van der Waals surface area contributed by atoms with Crippen molar-refractivity contribution < 1.29 is 4.79 Å². The van der Waals surface area contributed by atoms with Gasteiger partial charge in [-0.05, 0) is 53.8 Å². The average Bonchev–Trinajstić information content (AvgIpc) is 3.14. The highest BCUT2D eigenvalue weighted by molar-refractivity contribution is 6.16. The van der Waals surface area contributed by atoms with Gasteiger partial charge in [0.1, 0.15) is 0 Å². The summed E-state index contributed by atoms with van der Waals surface area (Å²) in [5.74, 6) is 0.152. The Kier molecular flexibility index (Phi) is 5.08. The molecule has 4 nitrogen and oxygen atoms in total. The molecular formula is C26H23N3O. The molecule has 0 spiro atoms. The second-order valence-corrected chi connectivity index (χ2v) is 7.87. The smallest absolute Gasteiger partial charge is 0.188 e. The minimum atomic E-state index is 0.133. The molecule has 4 heterocycles. The first-order chi connectivity index (χ1) is 14.8. The normalized spacial score (nSPS) is 23.9. The van der Waals surface area contributed by atoms with Gasteiger partial charge in [-0.25, -0.2) is 0 Å². The van der Waals surface area contributed by atoms with Gasteiger partial charge in [0.2, 0.25) is 0 Å². The predicted octanol–water partition coefficient (Wildman–Crippen LogP) is 4.56. The largest absolute Gasteiger partial charge is 0.289 e. The topological polar surface area (TPSA) is 46.1 Å². The van der Waals surface area contributed by atoms with Crippen molar-refractivity contribution in [2.75, 3.05) is 0 Å². The fraction of sp³-hybridized carbons (Fsp3) is 0.192. The second kappa shape index (κ2) is 8.17. The summed E-state index contributed by atoms with van der Waals surface area (Å²) in [5, 5.41) is 0. The fourth-order valence-electron chi connectivity index (χ4n) is 4.62. The average molecular weight is 393 g/mol. The molecule has 30 heavy (non-hydrogen) atoms. The van der Waals surface area contributed by atoms with Crippen molar-refractivity contribution in [3.63, 3.8) is 0 Å². The minimum absolute atomic E-state index is 0.133. The lowest BCUT2D eigenvalue weighted by Crippen LogP contribution is -2.45. The summed E-state index contributed by atoms with van der Waals surface area (Å²) in [5.41, 5.74) is 4.93. The van der Waals surface area contributed by atoms with Crippen LogP contribution in [0.5, 0.6) is 0 Å². The van der Waals surface area contributed by atoms with E-state index >= 15 is 0 Å². The van der Waals surface area contributed by atoms with Crippen LogP contribution in [0.2, 0.25) is 0 Å². The summed E-state index contributed by atoms with van der Waals surface area (Å²) in [6.45, 7) is 0.832. The number of fused-ring (bicyclic) bond motifs is 2. The highest BCUT2D eigenvalue weighted by Crippen LogP contribution is 2.42. The van der Waals surface area contributed by atoms with Gasteiger partial charge < -0.3 is 0 Å². The number of aromatic nitrogens is 2. The van der Waals surface area contributed by atoms with Crippen molar-refractivity contribution in [1.29, 1.82) is 0 Å². The zero-order valence-electron chi connectivity index (χ0n) is 16.7. The van der Waals surface area contributed by atoms with Gasteiger partial charge in [-0.3, -0.25) is 19.7 Å². The molecule has 0 N–H and O–H groups in total. The number of hydrogen-bond acceptors (Lipinski definition) is 4. The molecule has 2 aliphatic rings. The van der Waals surface area contributed by atoms with E-state index in [1.54, 1.807) is 12.4 Å². The Bertz CT molecular complexity index is 1020. The third-order valence-corrected chi connectivity index (χ3v) is 5.98. The summed E-state index contributed by atoms with van der Waals surface area (Å²) in [6.07, 6.45) is 13.2. The van der Waals surface area contributed by atoms with Crippen LogP contribution in [0.25, 0.3) is 12.2 Å². The Morgan fingerprint density at radius 3 is 1.87 bits per heavy atom. The first kappa shape index (κ1) is 18.6. The minimum Gasteiger partial charge on any atom is -0.289 e. The predicted molar refractivity (Wildman–Crippen MR) is 118 cm³/mol. The second-order valence-electron chi connectivity index (χ2n) is 7.87. The SMILES string of the molecule is O=C1C(=Cc2cccnc2)C2CCC(C1=Cc1cccnc1)N2Cc1ccccc1. The lowest BCUT2D eigenvalue weighted by Gasteiger charge is -2.37. The molecule has 2 atom stereocenters. The van der Waals surface area contributed by atoms with Crippen LogP contribution in [0, 0.1) is 0 Å². The Balaban J connectivity index is 1.58. The molecule has 148 valence electrons. The van der Waals surface area contributed by atoms with Crippen LogP contribution in [0.4, 0.5) is 0 Å². The van der Waals surface area contributed by atoms with E-state index in [-0.39, 0.29) is 17.9 Å². The van der Waals surface area contributed by atoms with Crippen LogP contribution in [0.1, 0.15) is 29.5 Å². The molecule has 0 radical (unpaired) electrons. The van der Waals surface area contributed by atoms with Crippen molar-refractivity contribution in [3.05, 3.63) is 107 Å². The van der Waals surface area contributed by atoms with Gasteiger partial charge in [0.15, 0.2) is 5.78 Å². The summed E-state index contributed by atoms with van der Waals surface area (Å²) >= 11 is 0. The Labute approximate surface area is 176 Å². The summed E-state index contributed by atoms with van der Waals surface area (Å²) in [7, 11) is 0. The van der Waals surface area contributed by atoms with E-state index in [2.05, 4.69) is 39.1 Å². The number of ketones is 1. The molecule has 0 aliphatic carbocycles. The molecule has 1 aromatic carbocycles. The van der Waals surface area contributed by atoms with E-state index in [1.165, 1.54) is 5.56 Å². The van der Waals surface area contributed by atoms with Crippen LogP contribution in [-0.4, -0.2) is 32.7 Å². The number of Topliss-reactive ketones (excluding diaryl/α,β-unsaturated/α-hetero) is 1. The number of carbonyl (C=O) groups is 1. The maximum absolute atomic E-state index is 13.6. The third kappa shape index (κ3) is 3.62. The van der Waals surface area contributed by atoms with E-state index in [4.69, 9.17) is 0 Å². The Morgan fingerprint density at radius 1 is 0.800 bits per heavy atom. The van der Waals surface area contributed by atoms with E-state index in [0.717, 1.165) is 41.7 Å². The molecular weight excluding hydrogens is 370 g/mol. The van der Waals surface area contributed by atoms with Gasteiger partial charge in [0, 0.05) is 54.6 Å². The maximum Gasteiger partial charge on any atom is 0.188 e. The first-order valence-corrected chi connectivity index (χ1v) is 10.4. The molecule has 2 unspecified atom stereocenters. The monoisotopic (exact) mass is 393 g/mol. The maximum atomic E-state index is 13.6. The quantitative estimate of drug-likeness (QED) is 0.610. The number of rotatable bonds is 4. The van der Waals surface area contributed by atoms with Crippen molar-refractivity contribution >= 4 is 17.9 Å². The molecule has 3 aromatic rings. The van der Waals surface area contributed by atoms with Crippen LogP contribution in [0.3, 0.4) is 0 Å². The zero-order valence-corrected chi connectivity index (χ0v) is 16.7. The van der Waals surface area contributed by atoms with E-state index in [9.17, 15) is 4.79 Å². The fourth-order valence-corrected chi connectivity index (χ4v) is 4.62. The van der Waals surface area contributed by atoms with E-state index < -0.39 is 0 Å². The molecule has 0 saturated carbocycles. The Morgan fingerprint density at radius 2 is 1.37 bits per heavy atom. The van der Waals surface area contributed by atoms with Gasteiger partial charge in [-0.1, -0.05) is 42.5 Å². The van der Waals surface area contributed by atoms with Crippen LogP contribution in [0.15, 0.2) is 90.5 Å². The van der Waals surface area contributed by atoms with Crippen molar-refractivity contribution in [3.8, 4) is 0 Å². The number of hydrogen-bond donors (Lipinski definition) is 0. The molecule has 4 heteroatoms. The van der Waals surface area contributed by atoms with Gasteiger partial charge in [-0.2, -0.15) is 0 Å². The molecule has 5 rings (SSSR count). The lowest BCUT2D eigenvalue weighted by atomic mass is 9.88. The number of benzene rings is 1. The highest BCUT2D eigenvalue weighted by atomic mass is 16.1. The first-order valence-electron chi connectivity index (χ1n) is 10.4. The molecule has 2 aromatic heterocycles. The summed E-state index contributed by atoms with van der Waals surface area (Å²) in [6, 6.07) is 18.6. The summed E-state index contributed by atoms with van der Waals surface area (Å²) in [4.78, 5) is 24.5. The van der Waals surface area contributed by atoms with Crippen LogP contribution < -0.4 is 0 Å². The number of piperidine rings is 1. The molecule has 2 bridgehead atoms. The van der Waals surface area contributed by atoms with E-state index in [1.807, 2.05) is 54.9 Å². The number of carbonyl (C=O) groups excluding carboxylic acids is 1. The molecule has 2 saturated heterocycles. The zero-order chi connectivity index (χ0) is 20.3. The summed E-state index contributed by atoms with van der Waals surface area (Å²) < 4.78 is 0. The van der Waals surface area contributed by atoms with Crippen LogP contribution >= 0.6 is 0 Å². The lowest BCUT2D eigenvalue weighted by molar-refractivity contribution is -0.114. The van der Waals surface area contributed by atoms with Gasteiger partial charge in [-0.15, -0.1) is 0 Å². The number of pyridine rings is 2. The van der Waals surface area contributed by atoms with Crippen molar-refractivity contribution in [1.82, 2.24) is 14.9 Å². The van der Waals surface area contributed by atoms with Gasteiger partial charge in [0.05, 0.1) is 0 Å². The van der Waals surface area contributed by atoms with Crippen molar-refractivity contribution in [2.24, 2.45) is 0 Å². The standard InChI is InChI=1S/C26H23N3O/c30-26-22(14-20-8-4-12-27-16-20)24-10-11-25(23(26)15-21-9-5-13-28-17-21)29(24)18-19-6-2-1-3-7-19/h1-9,12-17,24-25H,10-11,18H2. The van der Waals surface area contributed by atoms with Gasteiger partial charge >= 0.3 is 0 Å². The molecule has 2 aliphatic heterocycles. The molecule has 0 amide bonds. The Hall–Kier alpha value is -3.37. The van der Waals surface area contributed by atoms with Crippen LogP contribution in [-0.2, 0) is 11.3 Å². The number of nitrogens with zero attached hydrogens (tertiary/aromatic N) is 3. The van der Waals surface area contributed by atoms with E-state index in [0.29, 0.717) is 0 Å². The third-order valence-electron chi connectivity index (χ3n) is 5.98. The van der Waals surface area contributed by atoms with Gasteiger partial charge in [0.25, 0.3) is 0 Å². The molecule has 2 fully saturated rings.